The van der Waals surface area contributed by atoms with Gasteiger partial charge < -0.3 is 11.1 Å². The van der Waals surface area contributed by atoms with Crippen LogP contribution in [0.4, 0.5) is 11.4 Å². The van der Waals surface area contributed by atoms with E-state index in [-0.39, 0.29) is 5.91 Å². The van der Waals surface area contributed by atoms with Crippen molar-refractivity contribution in [2.24, 2.45) is 0 Å². The molecule has 1 aromatic rings. The zero-order valence-corrected chi connectivity index (χ0v) is 12.5. The summed E-state index contributed by atoms with van der Waals surface area (Å²) in [5.74, 6) is -0.0839. The van der Waals surface area contributed by atoms with Crippen LogP contribution in [0.25, 0.3) is 0 Å². The van der Waals surface area contributed by atoms with Crippen molar-refractivity contribution in [2.75, 3.05) is 24.6 Å². The Labute approximate surface area is 119 Å². The molecule has 1 rings (SSSR count). The van der Waals surface area contributed by atoms with Crippen molar-refractivity contribution in [1.82, 2.24) is 4.90 Å². The van der Waals surface area contributed by atoms with Crippen molar-refractivity contribution in [1.29, 1.82) is 0 Å². The highest BCUT2D eigenvalue weighted by molar-refractivity contribution is 6.31. The molecule has 0 saturated heterocycles. The van der Waals surface area contributed by atoms with E-state index in [0.717, 1.165) is 12.8 Å². The molecule has 0 spiro atoms. The first-order valence-electron chi connectivity index (χ1n) is 6.49. The van der Waals surface area contributed by atoms with Crippen LogP contribution in [0.15, 0.2) is 18.2 Å². The van der Waals surface area contributed by atoms with Gasteiger partial charge in [-0.15, -0.1) is 0 Å². The van der Waals surface area contributed by atoms with Gasteiger partial charge in [-0.1, -0.05) is 24.9 Å². The van der Waals surface area contributed by atoms with E-state index in [1.165, 1.54) is 0 Å². The molecule has 0 aliphatic rings. The number of amides is 1. The summed E-state index contributed by atoms with van der Waals surface area (Å²) in [5, 5.41) is 3.34. The number of carbonyl (C=O) groups is 1. The second-order valence-electron chi connectivity index (χ2n) is 4.83. The van der Waals surface area contributed by atoms with Gasteiger partial charge in [-0.2, -0.15) is 0 Å². The number of likely N-dealkylation sites (N-methyl/N-ethyl adjacent to an activating group) is 1. The van der Waals surface area contributed by atoms with E-state index < -0.39 is 0 Å². The van der Waals surface area contributed by atoms with Gasteiger partial charge in [-0.05, 0) is 38.6 Å². The molecular weight excluding hydrogens is 262 g/mol. The van der Waals surface area contributed by atoms with Crippen molar-refractivity contribution >= 4 is 28.9 Å². The Balaban J connectivity index is 2.57. The molecule has 0 radical (unpaired) electrons. The molecule has 0 bridgehead atoms. The van der Waals surface area contributed by atoms with E-state index in [4.69, 9.17) is 17.3 Å². The van der Waals surface area contributed by atoms with Crippen LogP contribution < -0.4 is 11.1 Å². The number of nitrogens with two attached hydrogens (primary N) is 1. The third kappa shape index (κ3) is 5.09. The molecule has 4 nitrogen and oxygen atoms in total. The first-order valence-corrected chi connectivity index (χ1v) is 6.87. The molecule has 0 heterocycles. The first kappa shape index (κ1) is 15.8. The number of rotatable bonds is 6. The number of nitrogens with zero attached hydrogens (tertiary/aromatic N) is 1. The number of carbonyl (C=O) groups excluding carboxylic acids is 1. The zero-order valence-electron chi connectivity index (χ0n) is 11.7. The second-order valence-corrected chi connectivity index (χ2v) is 5.27. The number of hydrogen-bond acceptors (Lipinski definition) is 3. The molecule has 106 valence electrons. The maximum Gasteiger partial charge on any atom is 0.238 e. The summed E-state index contributed by atoms with van der Waals surface area (Å²) in [6.45, 7) is 4.59. The second kappa shape index (κ2) is 7.36. The fourth-order valence-corrected chi connectivity index (χ4v) is 2.02. The minimum atomic E-state index is -0.0839. The number of nitrogen functional groups attached to an aromatic ring is 1. The lowest BCUT2D eigenvalue weighted by molar-refractivity contribution is -0.117. The Morgan fingerprint density at radius 2 is 2.21 bits per heavy atom. The van der Waals surface area contributed by atoms with Crippen molar-refractivity contribution in [3.05, 3.63) is 23.2 Å². The maximum atomic E-state index is 11.9. The van der Waals surface area contributed by atoms with E-state index in [2.05, 4.69) is 19.2 Å². The first-order chi connectivity index (χ1) is 8.93. The van der Waals surface area contributed by atoms with Gasteiger partial charge in [-0.3, -0.25) is 9.69 Å². The fraction of sp³-hybridized carbons (Fsp3) is 0.500. The highest BCUT2D eigenvalue weighted by Crippen LogP contribution is 2.22. The molecule has 1 unspecified atom stereocenters. The fourth-order valence-electron chi connectivity index (χ4n) is 1.85. The Morgan fingerprint density at radius 3 is 2.84 bits per heavy atom. The van der Waals surface area contributed by atoms with E-state index in [1.54, 1.807) is 18.2 Å². The molecule has 0 saturated carbocycles. The highest BCUT2D eigenvalue weighted by atomic mass is 35.5. The van der Waals surface area contributed by atoms with Crippen LogP contribution in [-0.4, -0.2) is 30.4 Å². The van der Waals surface area contributed by atoms with Gasteiger partial charge in [0.1, 0.15) is 0 Å². The summed E-state index contributed by atoms with van der Waals surface area (Å²) in [5.41, 5.74) is 6.87. The zero-order chi connectivity index (χ0) is 14.4. The summed E-state index contributed by atoms with van der Waals surface area (Å²) in [6, 6.07) is 5.42. The van der Waals surface area contributed by atoms with Crippen LogP contribution in [-0.2, 0) is 4.79 Å². The lowest BCUT2D eigenvalue weighted by Crippen LogP contribution is -2.36. The average Bonchev–Trinajstić information content (AvgIpc) is 2.34. The van der Waals surface area contributed by atoms with Gasteiger partial charge >= 0.3 is 0 Å². The van der Waals surface area contributed by atoms with Gasteiger partial charge in [0.25, 0.3) is 0 Å². The standard InChI is InChI=1S/C14H22ClN3O/c1-4-5-10(2)18(3)9-14(19)17-13-8-11(15)6-7-12(13)16/h6-8,10H,4-5,9,16H2,1-3H3,(H,17,19). The van der Waals surface area contributed by atoms with Crippen LogP contribution in [0.5, 0.6) is 0 Å². The third-order valence-corrected chi connectivity index (χ3v) is 3.38. The average molecular weight is 284 g/mol. The van der Waals surface area contributed by atoms with Crippen LogP contribution in [0.3, 0.4) is 0 Å². The third-order valence-electron chi connectivity index (χ3n) is 3.14. The SMILES string of the molecule is CCCC(C)N(C)CC(=O)Nc1cc(Cl)ccc1N. The maximum absolute atomic E-state index is 11.9. The quantitative estimate of drug-likeness (QED) is 0.789. The topological polar surface area (TPSA) is 58.4 Å². The Bertz CT molecular complexity index is 437. The summed E-state index contributed by atoms with van der Waals surface area (Å²) >= 11 is 5.88. The molecule has 3 N–H and O–H groups in total. The van der Waals surface area contributed by atoms with E-state index in [9.17, 15) is 4.79 Å². The Morgan fingerprint density at radius 1 is 1.53 bits per heavy atom. The molecule has 1 atom stereocenters. The Hall–Kier alpha value is -1.26. The molecule has 1 amide bonds. The molecule has 19 heavy (non-hydrogen) atoms. The van der Waals surface area contributed by atoms with Crippen molar-refractivity contribution in [2.45, 2.75) is 32.7 Å². The number of halogens is 1. The lowest BCUT2D eigenvalue weighted by atomic mass is 10.2. The minimum absolute atomic E-state index is 0.0839. The predicted octanol–water partition coefficient (Wildman–Crippen LogP) is 2.98. The molecular formula is C14H22ClN3O. The molecule has 0 aliphatic carbocycles. The molecule has 5 heteroatoms. The van der Waals surface area contributed by atoms with Gasteiger partial charge in [0.05, 0.1) is 17.9 Å². The summed E-state index contributed by atoms with van der Waals surface area (Å²) in [7, 11) is 1.95. The van der Waals surface area contributed by atoms with Gasteiger partial charge in [-0.25, -0.2) is 0 Å². The predicted molar refractivity (Wildman–Crippen MR) is 81.5 cm³/mol. The van der Waals surface area contributed by atoms with Gasteiger partial charge in [0.2, 0.25) is 5.91 Å². The monoisotopic (exact) mass is 283 g/mol. The molecule has 0 aromatic heterocycles. The molecule has 0 fully saturated rings. The number of anilines is 2. The van der Waals surface area contributed by atoms with Crippen LogP contribution in [0.1, 0.15) is 26.7 Å². The Kier molecular flexibility index (Phi) is 6.12. The van der Waals surface area contributed by atoms with Crippen LogP contribution in [0, 0.1) is 0 Å². The highest BCUT2D eigenvalue weighted by Gasteiger charge is 2.13. The van der Waals surface area contributed by atoms with Crippen LogP contribution >= 0.6 is 11.6 Å². The summed E-state index contributed by atoms with van der Waals surface area (Å²) in [4.78, 5) is 14.0. The van der Waals surface area contributed by atoms with Crippen molar-refractivity contribution < 1.29 is 4.79 Å². The summed E-state index contributed by atoms with van der Waals surface area (Å²) in [6.07, 6.45) is 2.18. The minimum Gasteiger partial charge on any atom is -0.397 e. The van der Waals surface area contributed by atoms with Crippen molar-refractivity contribution in [3.8, 4) is 0 Å². The van der Waals surface area contributed by atoms with Gasteiger partial charge in [0, 0.05) is 11.1 Å². The number of hydrogen-bond donors (Lipinski definition) is 2. The number of nitrogens with one attached hydrogen (secondary N) is 1. The van der Waals surface area contributed by atoms with E-state index in [1.807, 2.05) is 11.9 Å². The van der Waals surface area contributed by atoms with E-state index in [0.29, 0.717) is 29.0 Å². The van der Waals surface area contributed by atoms with E-state index >= 15 is 0 Å². The van der Waals surface area contributed by atoms with Crippen molar-refractivity contribution in [3.63, 3.8) is 0 Å². The number of benzene rings is 1. The lowest BCUT2D eigenvalue weighted by Gasteiger charge is -2.23. The summed E-state index contributed by atoms with van der Waals surface area (Å²) < 4.78 is 0. The smallest absolute Gasteiger partial charge is 0.238 e. The largest absolute Gasteiger partial charge is 0.397 e. The molecule has 0 aliphatic heterocycles. The van der Waals surface area contributed by atoms with Crippen LogP contribution in [0.2, 0.25) is 5.02 Å². The van der Waals surface area contributed by atoms with Gasteiger partial charge in [0.15, 0.2) is 0 Å². The normalized spacial score (nSPS) is 12.5. The molecule has 1 aromatic carbocycles.